The lowest BCUT2D eigenvalue weighted by atomic mass is 10.0. The number of benzene rings is 2. The van der Waals surface area contributed by atoms with Crippen LogP contribution in [0.15, 0.2) is 42.5 Å². The Labute approximate surface area is 239 Å². The fraction of sp³-hybridized carbons (Fsp3) is 0.444. The smallest absolute Gasteiger partial charge is 0.409 e. The van der Waals surface area contributed by atoms with Gasteiger partial charge in [0.2, 0.25) is 11.8 Å². The van der Waals surface area contributed by atoms with Gasteiger partial charge in [-0.3, -0.25) is 9.59 Å². The molecule has 0 saturated carbocycles. The van der Waals surface area contributed by atoms with Crippen molar-refractivity contribution in [2.75, 3.05) is 65.4 Å². The second-order valence-electron chi connectivity index (χ2n) is 9.17. The monoisotopic (exact) mass is 579 g/mol. The van der Waals surface area contributed by atoms with E-state index in [0.29, 0.717) is 66.3 Å². The van der Waals surface area contributed by atoms with E-state index in [1.807, 2.05) is 0 Å². The normalized spacial score (nSPS) is 13.5. The molecule has 2 aromatic carbocycles. The molecule has 0 bridgehead atoms. The summed E-state index contributed by atoms with van der Waals surface area (Å²) in [6, 6.07) is 11.9. The Balaban J connectivity index is 1.80. The number of piperidine rings is 1. The van der Waals surface area contributed by atoms with Gasteiger partial charge in [-0.25, -0.2) is 4.79 Å². The summed E-state index contributed by atoms with van der Waals surface area (Å²) < 4.78 is 10.9. The Morgan fingerprint density at radius 2 is 1.67 bits per heavy atom. The summed E-state index contributed by atoms with van der Waals surface area (Å²) in [6.07, 6.45) is 0.889. The summed E-state index contributed by atoms with van der Waals surface area (Å²) in [5, 5.41) is 6.85. The number of nitrogens with one attached hydrogen (secondary N) is 2. The molecular formula is C27H35Cl2N5O5. The Morgan fingerprint density at radius 1 is 1.00 bits per heavy atom. The maximum Gasteiger partial charge on any atom is 0.409 e. The maximum atomic E-state index is 13.5. The van der Waals surface area contributed by atoms with Gasteiger partial charge in [-0.15, -0.1) is 0 Å². The van der Waals surface area contributed by atoms with Gasteiger partial charge < -0.3 is 34.8 Å². The zero-order chi connectivity index (χ0) is 28.4. The van der Waals surface area contributed by atoms with Gasteiger partial charge in [-0.2, -0.15) is 0 Å². The molecule has 0 aliphatic carbocycles. The van der Waals surface area contributed by atoms with E-state index in [2.05, 4.69) is 10.6 Å². The van der Waals surface area contributed by atoms with Gasteiger partial charge >= 0.3 is 6.09 Å². The van der Waals surface area contributed by atoms with Crippen molar-refractivity contribution in [2.24, 2.45) is 0 Å². The number of rotatable bonds is 11. The molecule has 0 aromatic heterocycles. The summed E-state index contributed by atoms with van der Waals surface area (Å²) in [4.78, 5) is 43.1. The number of likely N-dealkylation sites (N-methyl/N-ethyl adjacent to an activating group) is 2. The number of nitrogens with zero attached hydrogens (tertiary/aromatic N) is 3. The van der Waals surface area contributed by atoms with Crippen LogP contribution in [0.5, 0.6) is 11.5 Å². The highest BCUT2D eigenvalue weighted by atomic mass is 35.5. The summed E-state index contributed by atoms with van der Waals surface area (Å²) in [6.45, 7) is 1.89. The van der Waals surface area contributed by atoms with Gasteiger partial charge in [0.1, 0.15) is 5.75 Å². The first-order valence-corrected chi connectivity index (χ1v) is 13.4. The van der Waals surface area contributed by atoms with E-state index >= 15 is 0 Å². The molecule has 1 heterocycles. The Morgan fingerprint density at radius 3 is 2.31 bits per heavy atom. The summed E-state index contributed by atoms with van der Waals surface area (Å²) in [5.41, 5.74) is 0.503. The quantitative estimate of drug-likeness (QED) is 0.392. The van der Waals surface area contributed by atoms with Crippen LogP contribution in [0.1, 0.15) is 12.8 Å². The van der Waals surface area contributed by atoms with E-state index in [1.165, 1.54) is 7.11 Å². The van der Waals surface area contributed by atoms with Crippen molar-refractivity contribution in [3.63, 3.8) is 0 Å². The number of halogens is 2. The first-order valence-electron chi connectivity index (χ1n) is 12.7. The van der Waals surface area contributed by atoms with E-state index in [-0.39, 0.29) is 37.0 Å². The lowest BCUT2D eigenvalue weighted by Crippen LogP contribution is -2.50. The van der Waals surface area contributed by atoms with Crippen molar-refractivity contribution < 1.29 is 23.9 Å². The Hall–Kier alpha value is -3.21. The van der Waals surface area contributed by atoms with Crippen LogP contribution in [0.3, 0.4) is 0 Å². The average Bonchev–Trinajstić information content (AvgIpc) is 2.94. The second kappa shape index (κ2) is 14.8. The SMILES string of the molecule is CNCCNC(=O)CN(CC(=O)N(C)C1CCN(C(=O)OC)CC1)c1cc(Cl)ccc1Oc1ccc(Cl)cc1. The summed E-state index contributed by atoms with van der Waals surface area (Å²) in [7, 11) is 4.90. The zero-order valence-electron chi connectivity index (χ0n) is 22.4. The number of carbonyl (C=O) groups is 3. The van der Waals surface area contributed by atoms with Gasteiger partial charge in [0.25, 0.3) is 0 Å². The van der Waals surface area contributed by atoms with Gasteiger partial charge in [0.15, 0.2) is 5.75 Å². The molecule has 1 aliphatic heterocycles. The molecule has 0 radical (unpaired) electrons. The third kappa shape index (κ3) is 8.91. The van der Waals surface area contributed by atoms with Gasteiger partial charge in [-0.1, -0.05) is 23.2 Å². The molecule has 2 N–H and O–H groups in total. The molecular weight excluding hydrogens is 545 g/mol. The molecule has 1 aliphatic rings. The van der Waals surface area contributed by atoms with E-state index in [0.717, 1.165) is 0 Å². The van der Waals surface area contributed by atoms with Crippen LogP contribution in [0.2, 0.25) is 10.0 Å². The number of methoxy groups -OCH3 is 1. The lowest BCUT2D eigenvalue weighted by Gasteiger charge is -2.37. The van der Waals surface area contributed by atoms with E-state index in [9.17, 15) is 14.4 Å². The highest BCUT2D eigenvalue weighted by Crippen LogP contribution is 2.35. The van der Waals surface area contributed by atoms with Crippen LogP contribution in [-0.4, -0.2) is 94.2 Å². The van der Waals surface area contributed by atoms with Crippen LogP contribution < -0.4 is 20.3 Å². The number of amides is 3. The van der Waals surface area contributed by atoms with E-state index < -0.39 is 0 Å². The van der Waals surface area contributed by atoms with E-state index in [1.54, 1.807) is 71.3 Å². The minimum atomic E-state index is -0.368. The molecule has 10 nitrogen and oxygen atoms in total. The first kappa shape index (κ1) is 30.3. The van der Waals surface area contributed by atoms with Crippen LogP contribution in [-0.2, 0) is 14.3 Å². The summed E-state index contributed by atoms with van der Waals surface area (Å²) >= 11 is 12.4. The number of hydrogen-bond donors (Lipinski definition) is 2. The van der Waals surface area contributed by atoms with Crippen molar-refractivity contribution in [1.29, 1.82) is 0 Å². The molecule has 1 saturated heterocycles. The Bertz CT molecular complexity index is 1130. The highest BCUT2D eigenvalue weighted by Gasteiger charge is 2.29. The molecule has 0 unspecified atom stereocenters. The number of anilines is 1. The number of ether oxygens (including phenoxy) is 2. The minimum absolute atomic E-state index is 0.0474. The van der Waals surface area contributed by atoms with E-state index in [4.69, 9.17) is 32.7 Å². The lowest BCUT2D eigenvalue weighted by molar-refractivity contribution is -0.131. The predicted molar refractivity (Wildman–Crippen MR) is 152 cm³/mol. The average molecular weight is 581 g/mol. The first-order chi connectivity index (χ1) is 18.7. The number of likely N-dealkylation sites (tertiary alicyclic amines) is 1. The largest absolute Gasteiger partial charge is 0.455 e. The van der Waals surface area contributed by atoms with Gasteiger partial charge in [-0.05, 0) is 62.4 Å². The molecule has 39 heavy (non-hydrogen) atoms. The minimum Gasteiger partial charge on any atom is -0.455 e. The van der Waals surface area contributed by atoms with Crippen molar-refractivity contribution in [3.05, 3.63) is 52.5 Å². The zero-order valence-corrected chi connectivity index (χ0v) is 23.9. The number of hydrogen-bond acceptors (Lipinski definition) is 7. The highest BCUT2D eigenvalue weighted by molar-refractivity contribution is 6.31. The van der Waals surface area contributed by atoms with Crippen molar-refractivity contribution in [3.8, 4) is 11.5 Å². The molecule has 2 aromatic rings. The molecule has 12 heteroatoms. The molecule has 0 spiro atoms. The molecule has 0 atom stereocenters. The Kier molecular flexibility index (Phi) is 11.5. The molecule has 3 amide bonds. The molecule has 212 valence electrons. The fourth-order valence-electron chi connectivity index (χ4n) is 4.28. The third-order valence-electron chi connectivity index (χ3n) is 6.50. The van der Waals surface area contributed by atoms with Gasteiger partial charge in [0.05, 0.1) is 25.9 Å². The van der Waals surface area contributed by atoms with Crippen LogP contribution in [0.25, 0.3) is 0 Å². The predicted octanol–water partition coefficient (Wildman–Crippen LogP) is 3.62. The second-order valence-corrected chi connectivity index (χ2v) is 10.0. The fourth-order valence-corrected chi connectivity index (χ4v) is 4.57. The van der Waals surface area contributed by atoms with Gasteiger partial charge in [0, 0.05) is 49.3 Å². The van der Waals surface area contributed by atoms with Crippen LogP contribution in [0, 0.1) is 0 Å². The number of carbonyl (C=O) groups excluding carboxylic acids is 3. The maximum absolute atomic E-state index is 13.5. The summed E-state index contributed by atoms with van der Waals surface area (Å²) in [5.74, 6) is 0.560. The van der Waals surface area contributed by atoms with Crippen LogP contribution in [0.4, 0.5) is 10.5 Å². The topological polar surface area (TPSA) is 103 Å². The van der Waals surface area contributed by atoms with Crippen LogP contribution >= 0.6 is 23.2 Å². The third-order valence-corrected chi connectivity index (χ3v) is 6.99. The van der Waals surface area contributed by atoms with Crippen molar-refractivity contribution in [2.45, 2.75) is 18.9 Å². The van der Waals surface area contributed by atoms with Crippen molar-refractivity contribution in [1.82, 2.24) is 20.4 Å². The molecule has 3 rings (SSSR count). The molecule has 1 fully saturated rings. The standard InChI is InChI=1S/C27H35Cl2N5O5/c1-30-12-13-31-25(35)17-34(18-26(36)32(2)21-10-14-33(15-11-21)27(37)38-3)23-16-20(29)6-9-24(23)39-22-7-4-19(28)5-8-22/h4-9,16,21,30H,10-15,17-18H2,1-3H3,(H,31,35). The van der Waals surface area contributed by atoms with Crippen molar-refractivity contribution >= 4 is 46.8 Å².